The molecule has 25 heavy (non-hydrogen) atoms. The molecule has 1 N–H and O–H groups in total. The predicted octanol–water partition coefficient (Wildman–Crippen LogP) is 1.90. The molecule has 2 amide bonds. The fourth-order valence-electron chi connectivity index (χ4n) is 3.55. The lowest BCUT2D eigenvalue weighted by molar-refractivity contribution is -0.133. The van der Waals surface area contributed by atoms with E-state index < -0.39 is 0 Å². The van der Waals surface area contributed by atoms with Crippen molar-refractivity contribution in [2.24, 2.45) is 0 Å². The number of nitrogens with one attached hydrogen (secondary N) is 1. The average Bonchev–Trinajstić information content (AvgIpc) is 3.27. The molecular formula is C18H21N3O3S. The number of carbonyl (C=O) groups excluding carboxylic acids is 2. The Balaban J connectivity index is 1.43. The first-order valence-electron chi connectivity index (χ1n) is 8.65. The molecule has 0 saturated carbocycles. The molecule has 2 aliphatic heterocycles. The van der Waals surface area contributed by atoms with Crippen molar-refractivity contribution < 1.29 is 14.0 Å². The van der Waals surface area contributed by atoms with E-state index in [0.29, 0.717) is 26.2 Å². The number of amides is 2. The van der Waals surface area contributed by atoms with Gasteiger partial charge in [0, 0.05) is 44.7 Å². The molecule has 1 saturated heterocycles. The van der Waals surface area contributed by atoms with Gasteiger partial charge in [-0.25, -0.2) is 0 Å². The fraction of sp³-hybridized carbons (Fsp3) is 0.444. The van der Waals surface area contributed by atoms with Crippen LogP contribution in [-0.4, -0.2) is 54.3 Å². The minimum Gasteiger partial charge on any atom is -0.469 e. The van der Waals surface area contributed by atoms with Gasteiger partial charge in [-0.2, -0.15) is 0 Å². The monoisotopic (exact) mass is 359 g/mol. The molecule has 4 heterocycles. The second-order valence-electron chi connectivity index (χ2n) is 6.38. The fourth-order valence-corrected chi connectivity index (χ4v) is 4.24. The van der Waals surface area contributed by atoms with E-state index in [1.807, 2.05) is 33.4 Å². The molecule has 132 valence electrons. The summed E-state index contributed by atoms with van der Waals surface area (Å²) in [6.45, 7) is 3.26. The highest BCUT2D eigenvalue weighted by atomic mass is 32.1. The third-order valence-corrected chi connectivity index (χ3v) is 5.72. The number of furan rings is 1. The van der Waals surface area contributed by atoms with Gasteiger partial charge in [-0.15, -0.1) is 11.3 Å². The molecule has 1 unspecified atom stereocenters. The van der Waals surface area contributed by atoms with Crippen molar-refractivity contribution in [3.63, 3.8) is 0 Å². The van der Waals surface area contributed by atoms with Crippen LogP contribution in [0.4, 0.5) is 0 Å². The molecule has 2 aliphatic rings. The lowest BCUT2D eigenvalue weighted by Gasteiger charge is -2.29. The lowest BCUT2D eigenvalue weighted by Crippen LogP contribution is -2.45. The van der Waals surface area contributed by atoms with E-state index in [1.165, 1.54) is 11.3 Å². The van der Waals surface area contributed by atoms with Crippen molar-refractivity contribution in [2.45, 2.75) is 18.9 Å². The summed E-state index contributed by atoms with van der Waals surface area (Å²) in [6.07, 6.45) is 3.27. The van der Waals surface area contributed by atoms with Crippen LogP contribution in [0, 0.1) is 0 Å². The Morgan fingerprint density at radius 1 is 1.16 bits per heavy atom. The normalized spacial score (nSPS) is 20.9. The number of rotatable bonds is 2. The van der Waals surface area contributed by atoms with Gasteiger partial charge in [0.15, 0.2) is 0 Å². The summed E-state index contributed by atoms with van der Waals surface area (Å²) in [7, 11) is 0. The van der Waals surface area contributed by atoms with Gasteiger partial charge in [0.05, 0.1) is 11.1 Å². The Hall–Kier alpha value is -2.12. The topological polar surface area (TPSA) is 65.8 Å². The minimum atomic E-state index is -0.331. The second-order valence-corrected chi connectivity index (χ2v) is 7.33. The Morgan fingerprint density at radius 3 is 2.84 bits per heavy atom. The van der Waals surface area contributed by atoms with Crippen LogP contribution in [0.5, 0.6) is 0 Å². The summed E-state index contributed by atoms with van der Waals surface area (Å²) in [5, 5.41) is 5.22. The maximum absolute atomic E-state index is 13.0. The van der Waals surface area contributed by atoms with Crippen molar-refractivity contribution in [1.82, 2.24) is 15.1 Å². The quantitative estimate of drug-likeness (QED) is 0.889. The number of thiophene rings is 1. The van der Waals surface area contributed by atoms with Crippen molar-refractivity contribution in [3.05, 3.63) is 46.0 Å². The van der Waals surface area contributed by atoms with Crippen LogP contribution in [0.15, 0.2) is 34.3 Å². The first kappa shape index (κ1) is 16.4. The van der Waals surface area contributed by atoms with E-state index in [4.69, 9.17) is 4.42 Å². The second kappa shape index (κ2) is 7.01. The standard InChI is InChI=1S/C18H21N3O3S/c22-17(15-3-1-12-25-15)20-7-2-8-21(10-9-20)18(23)16-13-5-11-24-14(13)4-6-19-16/h1,3,5,11-12,16,19H,2,4,6-10H2. The number of hydrogen-bond donors (Lipinski definition) is 1. The maximum Gasteiger partial charge on any atom is 0.263 e. The zero-order valence-corrected chi connectivity index (χ0v) is 14.8. The van der Waals surface area contributed by atoms with Gasteiger partial charge in [-0.05, 0) is 23.9 Å². The van der Waals surface area contributed by atoms with Gasteiger partial charge in [0.1, 0.15) is 11.8 Å². The molecular weight excluding hydrogens is 338 g/mol. The van der Waals surface area contributed by atoms with E-state index in [1.54, 1.807) is 6.26 Å². The lowest BCUT2D eigenvalue weighted by atomic mass is 10.0. The van der Waals surface area contributed by atoms with E-state index >= 15 is 0 Å². The Labute approximate surface area is 150 Å². The molecule has 0 radical (unpaired) electrons. The number of hydrogen-bond acceptors (Lipinski definition) is 5. The minimum absolute atomic E-state index is 0.0669. The van der Waals surface area contributed by atoms with Crippen LogP contribution in [0.3, 0.4) is 0 Å². The molecule has 0 aromatic carbocycles. The van der Waals surface area contributed by atoms with Crippen LogP contribution in [0.2, 0.25) is 0 Å². The number of nitrogens with zero attached hydrogens (tertiary/aromatic N) is 2. The van der Waals surface area contributed by atoms with Gasteiger partial charge in [0.25, 0.3) is 5.91 Å². The highest BCUT2D eigenvalue weighted by Crippen LogP contribution is 2.26. The highest BCUT2D eigenvalue weighted by Gasteiger charge is 2.32. The zero-order valence-electron chi connectivity index (χ0n) is 13.9. The molecule has 4 rings (SSSR count). The molecule has 2 aromatic heterocycles. The highest BCUT2D eigenvalue weighted by molar-refractivity contribution is 7.12. The SMILES string of the molecule is O=C(c1cccs1)N1CCCN(C(=O)C2NCCc3occc32)CC1. The Kier molecular flexibility index (Phi) is 4.59. The summed E-state index contributed by atoms with van der Waals surface area (Å²) >= 11 is 1.46. The van der Waals surface area contributed by atoms with Gasteiger partial charge < -0.3 is 19.5 Å². The Bertz CT molecular complexity index is 755. The molecule has 7 heteroatoms. The smallest absolute Gasteiger partial charge is 0.263 e. The molecule has 1 atom stereocenters. The summed E-state index contributed by atoms with van der Waals surface area (Å²) in [6, 6.07) is 5.30. The molecule has 2 aromatic rings. The maximum atomic E-state index is 13.0. The predicted molar refractivity (Wildman–Crippen MR) is 94.6 cm³/mol. The molecule has 6 nitrogen and oxygen atoms in total. The molecule has 1 fully saturated rings. The number of carbonyl (C=O) groups is 2. The van der Waals surface area contributed by atoms with Crippen LogP contribution in [0.25, 0.3) is 0 Å². The average molecular weight is 359 g/mol. The van der Waals surface area contributed by atoms with E-state index in [-0.39, 0.29) is 17.9 Å². The van der Waals surface area contributed by atoms with Crippen LogP contribution in [-0.2, 0) is 11.2 Å². The van der Waals surface area contributed by atoms with E-state index in [2.05, 4.69) is 5.32 Å². The first-order chi connectivity index (χ1) is 12.2. The molecule has 0 aliphatic carbocycles. The van der Waals surface area contributed by atoms with Gasteiger partial charge in [-0.1, -0.05) is 6.07 Å². The van der Waals surface area contributed by atoms with Gasteiger partial charge >= 0.3 is 0 Å². The first-order valence-corrected chi connectivity index (χ1v) is 9.53. The molecule has 0 bridgehead atoms. The summed E-state index contributed by atoms with van der Waals surface area (Å²) < 4.78 is 5.48. The Morgan fingerprint density at radius 2 is 2.00 bits per heavy atom. The van der Waals surface area contributed by atoms with Crippen LogP contribution < -0.4 is 5.32 Å². The summed E-state index contributed by atoms with van der Waals surface area (Å²) in [5.74, 6) is 1.05. The van der Waals surface area contributed by atoms with Gasteiger partial charge in [-0.3, -0.25) is 9.59 Å². The van der Waals surface area contributed by atoms with Crippen molar-refractivity contribution in [1.29, 1.82) is 0 Å². The van der Waals surface area contributed by atoms with Gasteiger partial charge in [0.2, 0.25) is 5.91 Å². The molecule has 0 spiro atoms. The van der Waals surface area contributed by atoms with E-state index in [9.17, 15) is 9.59 Å². The number of fused-ring (bicyclic) bond motifs is 1. The van der Waals surface area contributed by atoms with E-state index in [0.717, 1.165) is 35.6 Å². The van der Waals surface area contributed by atoms with Crippen molar-refractivity contribution >= 4 is 23.2 Å². The zero-order chi connectivity index (χ0) is 17.2. The summed E-state index contributed by atoms with van der Waals surface area (Å²) in [5.41, 5.74) is 0.951. The van der Waals surface area contributed by atoms with Crippen LogP contribution >= 0.6 is 11.3 Å². The van der Waals surface area contributed by atoms with Crippen molar-refractivity contribution in [3.8, 4) is 0 Å². The largest absolute Gasteiger partial charge is 0.469 e. The third kappa shape index (κ3) is 3.21. The van der Waals surface area contributed by atoms with Crippen molar-refractivity contribution in [2.75, 3.05) is 32.7 Å². The summed E-state index contributed by atoms with van der Waals surface area (Å²) in [4.78, 5) is 30.0. The van der Waals surface area contributed by atoms with Crippen LogP contribution in [0.1, 0.15) is 33.5 Å². The third-order valence-electron chi connectivity index (χ3n) is 4.87.